The van der Waals surface area contributed by atoms with E-state index in [0.29, 0.717) is 6.07 Å². The zero-order valence-electron chi connectivity index (χ0n) is 18.1. The number of benzene rings is 2. The van der Waals surface area contributed by atoms with E-state index in [1.54, 1.807) is 5.32 Å². The van der Waals surface area contributed by atoms with Crippen LogP contribution in [-0.4, -0.2) is 37.2 Å². The highest BCUT2D eigenvalue weighted by atomic mass is 79.9. The van der Waals surface area contributed by atoms with Gasteiger partial charge in [-0.05, 0) is 40.2 Å². The van der Waals surface area contributed by atoms with Gasteiger partial charge in [0, 0.05) is 10.0 Å². The lowest BCUT2D eigenvalue weighted by Gasteiger charge is -2.31. The number of hydrogen-bond donors (Lipinski definition) is 2. The van der Waals surface area contributed by atoms with Gasteiger partial charge in [0.1, 0.15) is 0 Å². The van der Waals surface area contributed by atoms with Gasteiger partial charge in [0.05, 0.1) is 29.6 Å². The van der Waals surface area contributed by atoms with E-state index in [1.165, 1.54) is 5.32 Å². The first-order chi connectivity index (χ1) is 17.2. The molecule has 208 valence electrons. The third-order valence-corrected chi connectivity index (χ3v) is 5.30. The van der Waals surface area contributed by atoms with Crippen LogP contribution in [0.4, 0.5) is 59.7 Å². The van der Waals surface area contributed by atoms with Crippen LogP contribution in [0.5, 0.6) is 0 Å². The van der Waals surface area contributed by atoms with Gasteiger partial charge in [-0.3, -0.25) is 9.59 Å². The molecule has 0 aliphatic rings. The Bertz CT molecular complexity index is 1260. The minimum atomic E-state index is -6.74. The Morgan fingerprint density at radius 3 is 1.89 bits per heavy atom. The Hall–Kier alpha value is -3.44. The lowest BCUT2D eigenvalue weighted by Crippen LogP contribution is -2.50. The SMILES string of the molecule is COC(=O)C(=O)Nc1cccc(C(=O)Nc2c(Br)cc(C(F)(C(F)(F)F)C(F)(F)F)cc2C(F)(F)F)c1F. The summed E-state index contributed by atoms with van der Waals surface area (Å²) in [6, 6.07) is 1.32. The van der Waals surface area contributed by atoms with Crippen LogP contribution in [-0.2, 0) is 26.2 Å². The number of rotatable bonds is 4. The Morgan fingerprint density at radius 1 is 0.868 bits per heavy atom. The molecule has 0 saturated heterocycles. The summed E-state index contributed by atoms with van der Waals surface area (Å²) < 4.78 is 151. The van der Waals surface area contributed by atoms with Crippen LogP contribution in [0.1, 0.15) is 21.5 Å². The summed E-state index contributed by atoms with van der Waals surface area (Å²) in [5.41, 5.74) is -14.5. The molecule has 2 amide bonds. The molecule has 0 bridgehead atoms. The van der Waals surface area contributed by atoms with E-state index in [0.717, 1.165) is 19.2 Å². The fourth-order valence-corrected chi connectivity index (χ4v) is 3.45. The molecule has 0 atom stereocenters. The average molecular weight is 631 g/mol. The minimum Gasteiger partial charge on any atom is -0.462 e. The fourth-order valence-electron chi connectivity index (χ4n) is 2.90. The Labute approximate surface area is 212 Å². The first-order valence-corrected chi connectivity index (χ1v) is 10.2. The van der Waals surface area contributed by atoms with Crippen molar-refractivity contribution in [3.05, 3.63) is 57.3 Å². The third-order valence-electron chi connectivity index (χ3n) is 4.68. The second kappa shape index (κ2) is 10.4. The van der Waals surface area contributed by atoms with Crippen molar-refractivity contribution < 1.29 is 67.4 Å². The van der Waals surface area contributed by atoms with Gasteiger partial charge < -0.3 is 15.4 Å². The predicted octanol–water partition coefficient (Wildman–Crippen LogP) is 6.26. The number of carbonyl (C=O) groups is 3. The molecule has 18 heteroatoms. The maximum atomic E-state index is 14.7. The maximum Gasteiger partial charge on any atom is 0.435 e. The van der Waals surface area contributed by atoms with E-state index >= 15 is 0 Å². The van der Waals surface area contributed by atoms with Crippen LogP contribution in [0, 0.1) is 5.82 Å². The lowest BCUT2D eigenvalue weighted by molar-refractivity contribution is -0.348. The monoisotopic (exact) mass is 630 g/mol. The topological polar surface area (TPSA) is 84.5 Å². The van der Waals surface area contributed by atoms with Crippen LogP contribution in [0.3, 0.4) is 0 Å². The number of anilines is 2. The molecular formula is C20H10BrF11N2O4. The van der Waals surface area contributed by atoms with Crippen LogP contribution >= 0.6 is 15.9 Å². The molecule has 0 unspecified atom stereocenters. The molecule has 0 radical (unpaired) electrons. The first kappa shape index (κ1) is 30.8. The van der Waals surface area contributed by atoms with Gasteiger partial charge in [0.2, 0.25) is 0 Å². The van der Waals surface area contributed by atoms with Gasteiger partial charge in [-0.15, -0.1) is 0 Å². The van der Waals surface area contributed by atoms with Crippen molar-refractivity contribution in [1.82, 2.24) is 0 Å². The third kappa shape index (κ3) is 5.83. The Balaban J connectivity index is 2.63. The van der Waals surface area contributed by atoms with Crippen molar-refractivity contribution >= 4 is 45.1 Å². The number of methoxy groups -OCH3 is 1. The summed E-state index contributed by atoms with van der Waals surface area (Å²) in [6.07, 6.45) is -19.2. The number of amides is 2. The van der Waals surface area contributed by atoms with Crippen LogP contribution in [0.15, 0.2) is 34.8 Å². The largest absolute Gasteiger partial charge is 0.462 e. The number of hydrogen-bond acceptors (Lipinski definition) is 4. The molecule has 0 aliphatic heterocycles. The molecule has 2 aromatic rings. The summed E-state index contributed by atoms with van der Waals surface area (Å²) in [7, 11) is 0.805. The average Bonchev–Trinajstić information content (AvgIpc) is 2.77. The number of halogens is 12. The quantitative estimate of drug-likeness (QED) is 0.237. The molecule has 0 heterocycles. The molecule has 2 rings (SSSR count). The van der Waals surface area contributed by atoms with Gasteiger partial charge >= 0.3 is 36.1 Å². The van der Waals surface area contributed by atoms with Crippen LogP contribution < -0.4 is 10.6 Å². The van der Waals surface area contributed by atoms with Crippen molar-refractivity contribution in [2.24, 2.45) is 0 Å². The van der Waals surface area contributed by atoms with Gasteiger partial charge in [-0.25, -0.2) is 13.6 Å². The molecule has 2 aromatic carbocycles. The highest BCUT2D eigenvalue weighted by Gasteiger charge is 2.73. The highest BCUT2D eigenvalue weighted by molar-refractivity contribution is 9.10. The van der Waals surface area contributed by atoms with E-state index in [9.17, 15) is 62.7 Å². The molecule has 0 fully saturated rings. The van der Waals surface area contributed by atoms with E-state index in [2.05, 4.69) is 20.7 Å². The first-order valence-electron chi connectivity index (χ1n) is 9.39. The summed E-state index contributed by atoms with van der Waals surface area (Å²) in [4.78, 5) is 35.2. The number of ether oxygens (including phenoxy) is 1. The molecule has 2 N–H and O–H groups in total. The fraction of sp³-hybridized carbons (Fsp3) is 0.250. The van der Waals surface area contributed by atoms with Crippen molar-refractivity contribution in [3.63, 3.8) is 0 Å². The lowest BCUT2D eigenvalue weighted by atomic mass is 9.92. The smallest absolute Gasteiger partial charge is 0.435 e. The number of carbonyl (C=O) groups excluding carboxylic acids is 3. The summed E-state index contributed by atoms with van der Waals surface area (Å²) >= 11 is 2.29. The van der Waals surface area contributed by atoms with Gasteiger partial charge in [-0.1, -0.05) is 6.07 Å². The standard InChI is InChI=1S/C20H10BrF11N2O4/c1-38-16(37)15(36)33-11-4-2-3-8(12(11)22)14(35)34-13-9(18(24,25)26)5-7(6-10(13)21)17(23,19(27,28)29)20(30,31)32/h2-6H,1H3,(H,33,36)(H,34,35). The summed E-state index contributed by atoms with van der Waals surface area (Å²) in [5.74, 6) is -6.32. The molecule has 0 aromatic heterocycles. The van der Waals surface area contributed by atoms with Crippen molar-refractivity contribution in [1.29, 1.82) is 0 Å². The van der Waals surface area contributed by atoms with Crippen molar-refractivity contribution in [2.45, 2.75) is 24.2 Å². The van der Waals surface area contributed by atoms with Crippen LogP contribution in [0.25, 0.3) is 0 Å². The molecular weight excluding hydrogens is 621 g/mol. The van der Waals surface area contributed by atoms with Crippen molar-refractivity contribution in [2.75, 3.05) is 17.7 Å². The zero-order chi connectivity index (χ0) is 29.4. The maximum absolute atomic E-state index is 14.7. The molecule has 6 nitrogen and oxygen atoms in total. The normalized spacial score (nSPS) is 12.7. The Kier molecular flexibility index (Phi) is 8.40. The second-order valence-corrected chi connectivity index (χ2v) is 7.95. The van der Waals surface area contributed by atoms with E-state index in [1.807, 2.05) is 0 Å². The van der Waals surface area contributed by atoms with E-state index in [-0.39, 0.29) is 6.07 Å². The van der Waals surface area contributed by atoms with E-state index < -0.39 is 86.4 Å². The minimum absolute atomic E-state index is 0.283. The predicted molar refractivity (Wildman–Crippen MR) is 109 cm³/mol. The summed E-state index contributed by atoms with van der Waals surface area (Å²) in [6.45, 7) is 0. The number of esters is 1. The van der Waals surface area contributed by atoms with Crippen LogP contribution in [0.2, 0.25) is 0 Å². The highest BCUT2D eigenvalue weighted by Crippen LogP contribution is 2.55. The van der Waals surface area contributed by atoms with Gasteiger partial charge in [-0.2, -0.15) is 39.5 Å². The second-order valence-electron chi connectivity index (χ2n) is 7.10. The molecule has 0 spiro atoms. The van der Waals surface area contributed by atoms with Gasteiger partial charge in [0.25, 0.3) is 5.91 Å². The van der Waals surface area contributed by atoms with Crippen molar-refractivity contribution in [3.8, 4) is 0 Å². The van der Waals surface area contributed by atoms with Gasteiger partial charge in [0.15, 0.2) is 5.82 Å². The molecule has 0 saturated carbocycles. The van der Waals surface area contributed by atoms with E-state index in [4.69, 9.17) is 0 Å². The zero-order valence-corrected chi connectivity index (χ0v) is 19.6. The number of alkyl halides is 10. The molecule has 38 heavy (non-hydrogen) atoms. The number of nitrogens with one attached hydrogen (secondary N) is 2. The summed E-state index contributed by atoms with van der Waals surface area (Å²) in [5, 5.41) is 3.18. The Morgan fingerprint density at radius 2 is 1.42 bits per heavy atom. The molecule has 0 aliphatic carbocycles.